The first-order valence-corrected chi connectivity index (χ1v) is 8.84. The molecular formula is C10H16N2O4S2. The minimum absolute atomic E-state index is 0.147. The Morgan fingerprint density at radius 3 is 2.06 bits per heavy atom. The van der Waals surface area contributed by atoms with Crippen LogP contribution in [0.3, 0.4) is 0 Å². The summed E-state index contributed by atoms with van der Waals surface area (Å²) in [6.07, 6.45) is 0.866. The Morgan fingerprint density at radius 2 is 1.67 bits per heavy atom. The molecule has 0 radical (unpaired) electrons. The van der Waals surface area contributed by atoms with Crippen LogP contribution >= 0.6 is 0 Å². The first-order valence-electron chi connectivity index (χ1n) is 5.13. The maximum Gasteiger partial charge on any atom is 0.247 e. The molecule has 6 nitrogen and oxygen atoms in total. The lowest BCUT2D eigenvalue weighted by Crippen LogP contribution is -2.22. The molecule has 3 N–H and O–H groups in total. The molecule has 1 unspecified atom stereocenters. The van der Waals surface area contributed by atoms with Crippen LogP contribution in [-0.4, -0.2) is 28.2 Å². The molecule has 0 fully saturated rings. The highest BCUT2D eigenvalue weighted by molar-refractivity contribution is 8.08. The Bertz CT molecular complexity index is 604. The fourth-order valence-corrected chi connectivity index (χ4v) is 4.33. The van der Waals surface area contributed by atoms with Gasteiger partial charge in [0.2, 0.25) is 10.0 Å². The van der Waals surface area contributed by atoms with E-state index in [-0.39, 0.29) is 6.04 Å². The van der Waals surface area contributed by atoms with Gasteiger partial charge in [-0.05, 0) is 24.6 Å². The highest BCUT2D eigenvalue weighted by Gasteiger charge is 2.17. The van der Waals surface area contributed by atoms with Gasteiger partial charge in [0.15, 0.2) is 14.9 Å². The Hall–Kier alpha value is -1.12. The van der Waals surface area contributed by atoms with Gasteiger partial charge in [0.25, 0.3) is 0 Å². The zero-order valence-corrected chi connectivity index (χ0v) is 11.8. The SMILES string of the molecule is CC(N)c1ccc(NS(=O)(=O)CS(C)(=O)=O)cc1. The minimum atomic E-state index is -3.89. The summed E-state index contributed by atoms with van der Waals surface area (Å²) in [6.45, 7) is 1.81. The van der Waals surface area contributed by atoms with Crippen molar-refractivity contribution < 1.29 is 16.8 Å². The molecule has 0 heterocycles. The number of hydrogen-bond acceptors (Lipinski definition) is 5. The lowest BCUT2D eigenvalue weighted by atomic mass is 10.1. The fourth-order valence-electron chi connectivity index (χ4n) is 1.35. The summed E-state index contributed by atoms with van der Waals surface area (Å²) in [6, 6.07) is 6.30. The normalized spacial score (nSPS) is 14.2. The maximum absolute atomic E-state index is 11.5. The predicted octanol–water partition coefficient (Wildman–Crippen LogP) is 0.450. The molecule has 102 valence electrons. The Kier molecular flexibility index (Phi) is 4.36. The lowest BCUT2D eigenvalue weighted by Gasteiger charge is -2.09. The summed E-state index contributed by atoms with van der Waals surface area (Å²) >= 11 is 0. The average molecular weight is 292 g/mol. The molecule has 0 bridgehead atoms. The highest BCUT2D eigenvalue weighted by Crippen LogP contribution is 2.15. The van der Waals surface area contributed by atoms with E-state index in [4.69, 9.17) is 5.73 Å². The van der Waals surface area contributed by atoms with Gasteiger partial charge in [-0.1, -0.05) is 12.1 Å². The summed E-state index contributed by atoms with van der Waals surface area (Å²) in [4.78, 5) is 0. The summed E-state index contributed by atoms with van der Waals surface area (Å²) in [5.41, 5.74) is 6.83. The molecule has 1 aromatic rings. The van der Waals surface area contributed by atoms with Crippen LogP contribution in [0.5, 0.6) is 0 Å². The van der Waals surface area contributed by atoms with Gasteiger partial charge >= 0.3 is 0 Å². The van der Waals surface area contributed by atoms with Crippen molar-refractivity contribution in [2.45, 2.75) is 13.0 Å². The van der Waals surface area contributed by atoms with E-state index in [1.807, 2.05) is 6.92 Å². The number of sulfone groups is 1. The van der Waals surface area contributed by atoms with Crippen LogP contribution in [0.2, 0.25) is 0 Å². The third-order valence-corrected chi connectivity index (χ3v) is 5.58. The Morgan fingerprint density at radius 1 is 1.17 bits per heavy atom. The van der Waals surface area contributed by atoms with Crippen LogP contribution in [-0.2, 0) is 19.9 Å². The van der Waals surface area contributed by atoms with E-state index in [0.717, 1.165) is 11.8 Å². The van der Waals surface area contributed by atoms with Gasteiger partial charge in [-0.25, -0.2) is 16.8 Å². The van der Waals surface area contributed by atoms with Gasteiger partial charge in [0.05, 0.1) is 0 Å². The second-order valence-electron chi connectivity index (χ2n) is 4.17. The fraction of sp³-hybridized carbons (Fsp3) is 0.400. The molecule has 1 atom stereocenters. The van der Waals surface area contributed by atoms with Crippen molar-refractivity contribution in [3.05, 3.63) is 29.8 Å². The van der Waals surface area contributed by atoms with Crippen molar-refractivity contribution in [1.29, 1.82) is 0 Å². The van der Waals surface area contributed by atoms with Crippen LogP contribution in [0.25, 0.3) is 0 Å². The quantitative estimate of drug-likeness (QED) is 0.819. The first-order chi connectivity index (χ1) is 8.09. The van der Waals surface area contributed by atoms with Crippen LogP contribution in [0.15, 0.2) is 24.3 Å². The van der Waals surface area contributed by atoms with Gasteiger partial charge in [0.1, 0.15) is 0 Å². The number of rotatable bonds is 5. The molecule has 0 aromatic heterocycles. The molecule has 8 heteroatoms. The molecule has 0 aliphatic rings. The molecule has 0 saturated heterocycles. The maximum atomic E-state index is 11.5. The van der Waals surface area contributed by atoms with E-state index in [2.05, 4.69) is 4.72 Å². The number of nitrogens with two attached hydrogens (primary N) is 1. The molecular weight excluding hydrogens is 276 g/mol. The smallest absolute Gasteiger partial charge is 0.247 e. The van der Waals surface area contributed by atoms with Crippen molar-refractivity contribution >= 4 is 25.5 Å². The van der Waals surface area contributed by atoms with E-state index in [0.29, 0.717) is 5.69 Å². The molecule has 0 amide bonds. The second kappa shape index (κ2) is 5.25. The highest BCUT2D eigenvalue weighted by atomic mass is 32.3. The minimum Gasteiger partial charge on any atom is -0.324 e. The van der Waals surface area contributed by atoms with Crippen molar-refractivity contribution in [1.82, 2.24) is 0 Å². The Balaban J connectivity index is 2.85. The lowest BCUT2D eigenvalue weighted by molar-refractivity contribution is 0.595. The van der Waals surface area contributed by atoms with Gasteiger partial charge in [-0.15, -0.1) is 0 Å². The van der Waals surface area contributed by atoms with Gasteiger partial charge in [-0.3, -0.25) is 4.72 Å². The standard InChI is InChI=1S/C10H16N2O4S2/c1-8(11)9-3-5-10(6-4-9)12-18(15,16)7-17(2,13)14/h3-6,8,12H,7,11H2,1-2H3. The van der Waals surface area contributed by atoms with Crippen LogP contribution in [0.1, 0.15) is 18.5 Å². The molecule has 0 aliphatic carbocycles. The number of nitrogens with one attached hydrogen (secondary N) is 1. The van der Waals surface area contributed by atoms with E-state index in [1.54, 1.807) is 24.3 Å². The van der Waals surface area contributed by atoms with Crippen molar-refractivity contribution in [2.75, 3.05) is 16.1 Å². The zero-order valence-electron chi connectivity index (χ0n) is 10.1. The van der Waals surface area contributed by atoms with Gasteiger partial charge in [0, 0.05) is 18.0 Å². The van der Waals surface area contributed by atoms with Crippen molar-refractivity contribution in [3.8, 4) is 0 Å². The number of hydrogen-bond donors (Lipinski definition) is 2. The topological polar surface area (TPSA) is 106 Å². The van der Waals surface area contributed by atoms with Crippen LogP contribution in [0, 0.1) is 0 Å². The molecule has 0 saturated carbocycles. The van der Waals surface area contributed by atoms with Crippen LogP contribution in [0.4, 0.5) is 5.69 Å². The summed E-state index contributed by atoms with van der Waals surface area (Å²) in [7, 11) is -7.49. The molecule has 1 rings (SSSR count). The van der Waals surface area contributed by atoms with E-state index in [9.17, 15) is 16.8 Å². The van der Waals surface area contributed by atoms with Gasteiger partial charge in [-0.2, -0.15) is 0 Å². The zero-order chi connectivity index (χ0) is 14.0. The van der Waals surface area contributed by atoms with E-state index in [1.165, 1.54) is 0 Å². The molecule has 0 aliphatic heterocycles. The predicted molar refractivity (Wildman–Crippen MR) is 71.3 cm³/mol. The molecule has 1 aromatic carbocycles. The van der Waals surface area contributed by atoms with E-state index >= 15 is 0 Å². The third kappa shape index (κ3) is 5.03. The molecule has 18 heavy (non-hydrogen) atoms. The Labute approximate surface area is 107 Å². The number of anilines is 1. The monoisotopic (exact) mass is 292 g/mol. The summed E-state index contributed by atoms with van der Waals surface area (Å²) < 4.78 is 47.1. The second-order valence-corrected chi connectivity index (χ2v) is 8.40. The first kappa shape index (κ1) is 14.9. The number of sulfonamides is 1. The summed E-state index contributed by atoms with van der Waals surface area (Å²) in [5, 5.41) is -0.935. The third-order valence-electron chi connectivity index (χ3n) is 2.08. The number of benzene rings is 1. The van der Waals surface area contributed by atoms with Gasteiger partial charge < -0.3 is 5.73 Å². The van der Waals surface area contributed by atoms with Crippen molar-refractivity contribution in [3.63, 3.8) is 0 Å². The van der Waals surface area contributed by atoms with Crippen LogP contribution < -0.4 is 10.5 Å². The largest absolute Gasteiger partial charge is 0.324 e. The average Bonchev–Trinajstić information content (AvgIpc) is 2.13. The van der Waals surface area contributed by atoms with E-state index < -0.39 is 24.9 Å². The summed E-state index contributed by atoms with van der Waals surface area (Å²) in [5.74, 6) is 0. The van der Waals surface area contributed by atoms with Crippen molar-refractivity contribution in [2.24, 2.45) is 5.73 Å². The molecule has 0 spiro atoms.